The molecule has 1 aliphatic rings. The van der Waals surface area contributed by atoms with Crippen LogP contribution in [0.4, 0.5) is 4.39 Å². The molecule has 1 fully saturated rings. The number of ether oxygens (including phenoxy) is 1. The van der Waals surface area contributed by atoms with Crippen LogP contribution < -0.4 is 10.1 Å². The number of benzene rings is 2. The van der Waals surface area contributed by atoms with Crippen LogP contribution in [-0.4, -0.2) is 37.0 Å². The Balaban J connectivity index is 1.36. The van der Waals surface area contributed by atoms with Gasteiger partial charge in [-0.15, -0.1) is 0 Å². The number of nitrogens with zero attached hydrogens (tertiary/aromatic N) is 1. The molecule has 7 heteroatoms. The van der Waals surface area contributed by atoms with E-state index in [2.05, 4.69) is 10.2 Å². The molecule has 0 aliphatic carbocycles. The van der Waals surface area contributed by atoms with Crippen molar-refractivity contribution < 1.29 is 13.9 Å². The molecule has 1 amide bonds. The predicted octanol–water partition coefficient (Wildman–Crippen LogP) is 5.24. The molecule has 4 nitrogen and oxygen atoms in total. The molecular weight excluding hydrogens is 426 g/mol. The second-order valence-electron chi connectivity index (χ2n) is 7.69. The average molecular weight is 453 g/mol. The van der Waals surface area contributed by atoms with Crippen LogP contribution in [0.2, 0.25) is 10.0 Å². The Labute approximate surface area is 187 Å². The number of rotatable bonds is 8. The zero-order valence-electron chi connectivity index (χ0n) is 17.1. The van der Waals surface area contributed by atoms with Crippen molar-refractivity contribution in [1.29, 1.82) is 0 Å². The Morgan fingerprint density at radius 1 is 1.13 bits per heavy atom. The average Bonchev–Trinajstić information content (AvgIpc) is 2.72. The first-order valence-corrected chi connectivity index (χ1v) is 11.0. The van der Waals surface area contributed by atoms with Crippen LogP contribution in [0.25, 0.3) is 0 Å². The first-order chi connectivity index (χ1) is 14.4. The van der Waals surface area contributed by atoms with Crippen molar-refractivity contribution in [1.82, 2.24) is 10.2 Å². The summed E-state index contributed by atoms with van der Waals surface area (Å²) in [6, 6.07) is 10.9. The Morgan fingerprint density at radius 3 is 2.53 bits per heavy atom. The number of amides is 1. The van der Waals surface area contributed by atoms with Crippen LogP contribution >= 0.6 is 23.2 Å². The Morgan fingerprint density at radius 2 is 1.87 bits per heavy atom. The zero-order chi connectivity index (χ0) is 21.5. The molecule has 30 heavy (non-hydrogen) atoms. The second-order valence-corrected chi connectivity index (χ2v) is 8.50. The number of hydrogen-bond acceptors (Lipinski definition) is 3. The minimum atomic E-state index is -0.335. The molecule has 1 aliphatic heterocycles. The summed E-state index contributed by atoms with van der Waals surface area (Å²) in [5, 5.41) is 4.23. The van der Waals surface area contributed by atoms with E-state index in [9.17, 15) is 9.18 Å². The van der Waals surface area contributed by atoms with Gasteiger partial charge < -0.3 is 10.1 Å². The second kappa shape index (κ2) is 11.0. The molecule has 0 atom stereocenters. The number of piperidine rings is 1. The predicted molar refractivity (Wildman–Crippen MR) is 119 cm³/mol. The lowest BCUT2D eigenvalue weighted by Crippen LogP contribution is -2.44. The van der Waals surface area contributed by atoms with Crippen molar-refractivity contribution in [2.24, 2.45) is 0 Å². The van der Waals surface area contributed by atoms with Crippen molar-refractivity contribution in [2.75, 3.05) is 20.2 Å². The zero-order valence-corrected chi connectivity index (χ0v) is 18.6. The van der Waals surface area contributed by atoms with Gasteiger partial charge in [-0.25, -0.2) is 4.39 Å². The lowest BCUT2D eigenvalue weighted by atomic mass is 10.0. The molecular formula is C23H27Cl2FN2O2. The molecule has 2 aromatic carbocycles. The van der Waals surface area contributed by atoms with Crippen molar-refractivity contribution in [3.63, 3.8) is 0 Å². The number of halogens is 3. The van der Waals surface area contributed by atoms with E-state index >= 15 is 0 Å². The Hall–Kier alpha value is -1.82. The fraction of sp³-hybridized carbons (Fsp3) is 0.435. The number of methoxy groups -OCH3 is 1. The van der Waals surface area contributed by atoms with E-state index in [4.69, 9.17) is 27.9 Å². The van der Waals surface area contributed by atoms with Gasteiger partial charge in [0.15, 0.2) is 11.6 Å². The molecule has 0 radical (unpaired) electrons. The summed E-state index contributed by atoms with van der Waals surface area (Å²) in [6.07, 6.45) is 3.85. The number of nitrogens with one attached hydrogen (secondary N) is 1. The highest BCUT2D eigenvalue weighted by molar-refractivity contribution is 6.42. The SMILES string of the molecule is COc1ccc(CN2CCC(NC(=O)CCCc3ccc(Cl)c(Cl)c3)CC2)cc1F. The van der Waals surface area contributed by atoms with E-state index in [0.29, 0.717) is 23.0 Å². The third kappa shape index (κ3) is 6.59. The molecule has 0 spiro atoms. The number of hydrogen-bond donors (Lipinski definition) is 1. The lowest BCUT2D eigenvalue weighted by Gasteiger charge is -2.32. The van der Waals surface area contributed by atoms with Gasteiger partial charge in [-0.1, -0.05) is 35.3 Å². The van der Waals surface area contributed by atoms with Crippen LogP contribution in [-0.2, 0) is 17.8 Å². The van der Waals surface area contributed by atoms with E-state index in [0.717, 1.165) is 49.9 Å². The first kappa shape index (κ1) is 22.9. The third-order valence-electron chi connectivity index (χ3n) is 5.43. The number of aryl methyl sites for hydroxylation is 1. The van der Waals surface area contributed by atoms with Crippen molar-refractivity contribution in [3.8, 4) is 5.75 Å². The van der Waals surface area contributed by atoms with Gasteiger partial charge in [-0.05, 0) is 61.1 Å². The molecule has 2 aromatic rings. The minimum absolute atomic E-state index is 0.0886. The monoisotopic (exact) mass is 452 g/mol. The number of carbonyl (C=O) groups excluding carboxylic acids is 1. The molecule has 0 bridgehead atoms. The van der Waals surface area contributed by atoms with Crippen molar-refractivity contribution in [2.45, 2.75) is 44.7 Å². The highest BCUT2D eigenvalue weighted by Crippen LogP contribution is 2.23. The van der Waals surface area contributed by atoms with Gasteiger partial charge in [0.25, 0.3) is 0 Å². The van der Waals surface area contributed by atoms with Gasteiger partial charge in [0, 0.05) is 32.1 Å². The summed E-state index contributed by atoms with van der Waals surface area (Å²) in [7, 11) is 1.46. The standard InChI is InChI=1S/C23H27Cl2FN2O2/c1-30-22-8-6-17(14-21(22)26)15-28-11-9-18(10-12-28)27-23(29)4-2-3-16-5-7-19(24)20(25)13-16/h5-8,13-14,18H,2-4,9-12,15H2,1H3,(H,27,29). The highest BCUT2D eigenvalue weighted by atomic mass is 35.5. The van der Waals surface area contributed by atoms with Crippen LogP contribution in [0.3, 0.4) is 0 Å². The molecule has 0 saturated carbocycles. The van der Waals surface area contributed by atoms with Gasteiger partial charge in [-0.2, -0.15) is 0 Å². The number of carbonyl (C=O) groups is 1. The van der Waals surface area contributed by atoms with Gasteiger partial charge in [-0.3, -0.25) is 9.69 Å². The fourth-order valence-electron chi connectivity index (χ4n) is 3.75. The van der Waals surface area contributed by atoms with Crippen LogP contribution in [0.5, 0.6) is 5.75 Å². The van der Waals surface area contributed by atoms with Crippen LogP contribution in [0.1, 0.15) is 36.8 Å². The Bertz CT molecular complexity index is 870. The fourth-order valence-corrected chi connectivity index (χ4v) is 4.07. The van der Waals surface area contributed by atoms with Gasteiger partial charge in [0.2, 0.25) is 5.91 Å². The summed E-state index contributed by atoms with van der Waals surface area (Å²) in [6.45, 7) is 2.45. The van der Waals surface area contributed by atoms with Crippen molar-refractivity contribution in [3.05, 3.63) is 63.4 Å². The Kier molecular flexibility index (Phi) is 8.37. The maximum atomic E-state index is 13.9. The lowest BCUT2D eigenvalue weighted by molar-refractivity contribution is -0.122. The highest BCUT2D eigenvalue weighted by Gasteiger charge is 2.21. The molecule has 1 heterocycles. The molecule has 0 unspecified atom stereocenters. The molecule has 1 saturated heterocycles. The quantitative estimate of drug-likeness (QED) is 0.594. The minimum Gasteiger partial charge on any atom is -0.494 e. The molecule has 3 rings (SSSR count). The van der Waals surface area contributed by atoms with E-state index in [1.54, 1.807) is 12.1 Å². The molecule has 0 aromatic heterocycles. The largest absolute Gasteiger partial charge is 0.494 e. The summed E-state index contributed by atoms with van der Waals surface area (Å²) < 4.78 is 18.8. The summed E-state index contributed by atoms with van der Waals surface area (Å²) in [5.74, 6) is 0.0167. The maximum Gasteiger partial charge on any atom is 0.220 e. The van der Waals surface area contributed by atoms with E-state index < -0.39 is 0 Å². The van der Waals surface area contributed by atoms with Gasteiger partial charge >= 0.3 is 0 Å². The summed E-state index contributed by atoms with van der Waals surface area (Å²) >= 11 is 12.0. The third-order valence-corrected chi connectivity index (χ3v) is 6.17. The van der Waals surface area contributed by atoms with Crippen LogP contribution in [0.15, 0.2) is 36.4 Å². The van der Waals surface area contributed by atoms with Crippen molar-refractivity contribution >= 4 is 29.1 Å². The first-order valence-electron chi connectivity index (χ1n) is 10.2. The van der Waals surface area contributed by atoms with Gasteiger partial charge in [0.05, 0.1) is 17.2 Å². The molecule has 1 N–H and O–H groups in total. The summed E-state index contributed by atoms with van der Waals surface area (Å²) in [5.41, 5.74) is 2.01. The smallest absolute Gasteiger partial charge is 0.220 e. The van der Waals surface area contributed by atoms with Crippen LogP contribution in [0, 0.1) is 5.82 Å². The van der Waals surface area contributed by atoms with E-state index in [1.165, 1.54) is 13.2 Å². The molecule has 162 valence electrons. The topological polar surface area (TPSA) is 41.6 Å². The van der Waals surface area contributed by atoms with Gasteiger partial charge in [0.1, 0.15) is 0 Å². The summed E-state index contributed by atoms with van der Waals surface area (Å²) in [4.78, 5) is 14.6. The van der Waals surface area contributed by atoms with E-state index in [-0.39, 0.29) is 23.5 Å². The number of likely N-dealkylation sites (tertiary alicyclic amines) is 1. The van der Waals surface area contributed by atoms with E-state index in [1.807, 2.05) is 18.2 Å². The maximum absolute atomic E-state index is 13.9. The normalized spacial score (nSPS) is 15.2.